The molecule has 250 valence electrons. The molecule has 4 aromatic rings. The van der Waals surface area contributed by atoms with Gasteiger partial charge in [0.05, 0.1) is 50.2 Å². The van der Waals surface area contributed by atoms with Crippen molar-refractivity contribution in [1.82, 2.24) is 34.9 Å². The van der Waals surface area contributed by atoms with Gasteiger partial charge in [0.15, 0.2) is 0 Å². The number of amides is 2. The van der Waals surface area contributed by atoms with Gasteiger partial charge in [-0.1, -0.05) is 13.2 Å². The number of halogens is 2. The standard InChI is InChI=1S/C32H31F2N7O2S.C3H6O/c1-4-29(43)40-15-19(2)41-23(17-40)13-27(38-41)31-25(12-22(34)5-8-33)32-24(7-10-44-32)30(37-31)20-11-21-16-39(18-28(42)35-3)9-6-26(21)36-14-20;1-3-4-2/h4-5,7-8,10-14,19H,1,6,9,15-18H2,2-3H3,(H,35,42);3H,1H2,2H3/b8-5+,22-12?;. The quantitative estimate of drug-likeness (QED) is 0.139. The first-order chi connectivity index (χ1) is 23.2. The predicted molar refractivity (Wildman–Crippen MR) is 184 cm³/mol. The molecule has 2 aliphatic heterocycles. The summed E-state index contributed by atoms with van der Waals surface area (Å²) in [6.45, 7) is 11.3. The van der Waals surface area contributed by atoms with Crippen LogP contribution in [-0.4, -0.2) is 75.2 Å². The van der Waals surface area contributed by atoms with Gasteiger partial charge >= 0.3 is 0 Å². The van der Waals surface area contributed by atoms with Crippen LogP contribution in [-0.2, 0) is 33.8 Å². The number of aromatic nitrogens is 4. The molecule has 6 heterocycles. The average Bonchev–Trinajstić information content (AvgIpc) is 3.76. The molecule has 0 aliphatic carbocycles. The van der Waals surface area contributed by atoms with Gasteiger partial charge in [-0.05, 0) is 48.2 Å². The van der Waals surface area contributed by atoms with Crippen molar-refractivity contribution in [3.63, 3.8) is 0 Å². The Hall–Kier alpha value is -5.01. The maximum absolute atomic E-state index is 14.8. The molecule has 0 radical (unpaired) electrons. The molecule has 2 amide bonds. The first-order valence-electron chi connectivity index (χ1n) is 15.3. The topological polar surface area (TPSA) is 105 Å². The Balaban J connectivity index is 0.00000107. The average molecular weight is 674 g/mol. The Morgan fingerprint density at radius 1 is 1.23 bits per heavy atom. The van der Waals surface area contributed by atoms with Gasteiger partial charge in [0.1, 0.15) is 17.2 Å². The molecule has 1 atom stereocenters. The van der Waals surface area contributed by atoms with Crippen LogP contribution in [0.2, 0.25) is 0 Å². The van der Waals surface area contributed by atoms with Crippen LogP contribution in [0.3, 0.4) is 0 Å². The fourth-order valence-electron chi connectivity index (χ4n) is 5.87. The van der Waals surface area contributed by atoms with Gasteiger partial charge in [-0.2, -0.15) is 5.10 Å². The number of ether oxygens (including phenoxy) is 1. The summed E-state index contributed by atoms with van der Waals surface area (Å²) in [5.41, 5.74) is 5.71. The minimum atomic E-state index is -0.759. The lowest BCUT2D eigenvalue weighted by molar-refractivity contribution is -0.128. The summed E-state index contributed by atoms with van der Waals surface area (Å²) in [5.74, 6) is -0.968. The van der Waals surface area contributed by atoms with Crippen molar-refractivity contribution in [1.29, 1.82) is 0 Å². The van der Waals surface area contributed by atoms with Crippen molar-refractivity contribution >= 4 is 39.3 Å². The number of hydrogen-bond donors (Lipinski definition) is 1. The van der Waals surface area contributed by atoms with Crippen LogP contribution in [0.5, 0.6) is 0 Å². The molecule has 6 rings (SSSR count). The van der Waals surface area contributed by atoms with Crippen molar-refractivity contribution in [2.24, 2.45) is 0 Å². The Morgan fingerprint density at radius 2 is 2.02 bits per heavy atom. The number of thiophene rings is 1. The van der Waals surface area contributed by atoms with Crippen molar-refractivity contribution < 1.29 is 23.1 Å². The van der Waals surface area contributed by atoms with Gasteiger partial charge in [-0.3, -0.25) is 24.2 Å². The minimum Gasteiger partial charge on any atom is -0.505 e. The van der Waals surface area contributed by atoms with Crippen LogP contribution < -0.4 is 5.32 Å². The fourth-order valence-corrected chi connectivity index (χ4v) is 6.79. The second-order valence-electron chi connectivity index (χ2n) is 11.3. The number of likely N-dealkylation sites (N-methyl/N-ethyl adjacent to an activating group) is 1. The van der Waals surface area contributed by atoms with Gasteiger partial charge in [0, 0.05) is 72.3 Å². The van der Waals surface area contributed by atoms with Gasteiger partial charge in [0.2, 0.25) is 11.8 Å². The van der Waals surface area contributed by atoms with Crippen LogP contribution in [0.25, 0.3) is 38.8 Å². The number of pyridine rings is 2. The molecule has 1 unspecified atom stereocenters. The molecule has 13 heteroatoms. The van der Waals surface area contributed by atoms with Crippen LogP contribution in [0.15, 0.2) is 73.5 Å². The van der Waals surface area contributed by atoms with Crippen LogP contribution >= 0.6 is 11.3 Å². The molecule has 4 aromatic heterocycles. The summed E-state index contributed by atoms with van der Waals surface area (Å²) in [5, 5.41) is 10.3. The summed E-state index contributed by atoms with van der Waals surface area (Å²) in [6.07, 6.45) is 7.40. The van der Waals surface area contributed by atoms with E-state index in [0.717, 1.165) is 51.6 Å². The van der Waals surface area contributed by atoms with E-state index < -0.39 is 5.83 Å². The number of carbonyl (C=O) groups is 2. The molecule has 1 N–H and O–H groups in total. The molecule has 2 aliphatic rings. The molecule has 0 fully saturated rings. The summed E-state index contributed by atoms with van der Waals surface area (Å²) in [6, 6.07) is 5.76. The highest BCUT2D eigenvalue weighted by Crippen LogP contribution is 2.40. The molecule has 0 saturated heterocycles. The molecule has 0 spiro atoms. The summed E-state index contributed by atoms with van der Waals surface area (Å²) < 4.78 is 34.7. The molecular weight excluding hydrogens is 636 g/mol. The fraction of sp³-hybridized carbons (Fsp3) is 0.286. The highest BCUT2D eigenvalue weighted by atomic mass is 32.1. The summed E-state index contributed by atoms with van der Waals surface area (Å²) in [4.78, 5) is 38.0. The SMILES string of the molecule is C=CC(=O)N1Cc2cc(-c3nc(-c4cnc5c(c4)CN(CC(=O)NC)CC5)c4ccsc4c3C=C(F)/C=C/F)nn2C(C)C1.C=COC. The number of fused-ring (bicyclic) bond motifs is 3. The van der Waals surface area contributed by atoms with Gasteiger partial charge in [-0.25, -0.2) is 13.8 Å². The molecule has 0 saturated carbocycles. The Kier molecular flexibility index (Phi) is 10.9. The van der Waals surface area contributed by atoms with Crippen molar-refractivity contribution in [2.45, 2.75) is 32.5 Å². The smallest absolute Gasteiger partial charge is 0.246 e. The van der Waals surface area contributed by atoms with E-state index in [1.54, 1.807) is 25.3 Å². The number of hydrogen-bond acceptors (Lipinski definition) is 8. The number of allylic oxidation sites excluding steroid dienone is 2. The van der Waals surface area contributed by atoms with E-state index in [1.807, 2.05) is 29.1 Å². The highest BCUT2D eigenvalue weighted by Gasteiger charge is 2.28. The number of nitrogens with zero attached hydrogens (tertiary/aromatic N) is 6. The van der Waals surface area contributed by atoms with Gasteiger partial charge < -0.3 is 15.0 Å². The maximum Gasteiger partial charge on any atom is 0.246 e. The second-order valence-corrected chi connectivity index (χ2v) is 12.2. The molecule has 48 heavy (non-hydrogen) atoms. The molecular formula is C35H37F2N7O3S. The van der Waals surface area contributed by atoms with E-state index in [1.165, 1.54) is 29.8 Å². The van der Waals surface area contributed by atoms with Crippen molar-refractivity contribution in [3.8, 4) is 22.6 Å². The van der Waals surface area contributed by atoms with Crippen molar-refractivity contribution in [2.75, 3.05) is 33.8 Å². The third kappa shape index (κ3) is 7.26. The number of methoxy groups -OCH3 is 1. The Bertz CT molecular complexity index is 1920. The second kappa shape index (κ2) is 15.3. The normalized spacial score (nSPS) is 16.1. The summed E-state index contributed by atoms with van der Waals surface area (Å²) >= 11 is 1.43. The third-order valence-electron chi connectivity index (χ3n) is 8.15. The van der Waals surface area contributed by atoms with E-state index in [0.29, 0.717) is 48.8 Å². The third-order valence-corrected chi connectivity index (χ3v) is 9.10. The van der Waals surface area contributed by atoms with E-state index in [2.05, 4.69) is 34.2 Å². The van der Waals surface area contributed by atoms with E-state index in [4.69, 9.17) is 15.1 Å². The number of rotatable bonds is 8. The monoisotopic (exact) mass is 673 g/mol. The lowest BCUT2D eigenvalue weighted by atomic mass is 9.99. The van der Waals surface area contributed by atoms with Crippen molar-refractivity contribution in [3.05, 3.63) is 96.0 Å². The Morgan fingerprint density at radius 3 is 2.73 bits per heavy atom. The van der Waals surface area contributed by atoms with Gasteiger partial charge in [-0.15, -0.1) is 11.3 Å². The Labute approximate surface area is 281 Å². The predicted octanol–water partition coefficient (Wildman–Crippen LogP) is 5.99. The molecule has 0 bridgehead atoms. The molecule has 0 aromatic carbocycles. The zero-order chi connectivity index (χ0) is 34.4. The van der Waals surface area contributed by atoms with E-state index >= 15 is 0 Å². The van der Waals surface area contributed by atoms with Crippen LogP contribution in [0.4, 0.5) is 8.78 Å². The zero-order valence-corrected chi connectivity index (χ0v) is 27.9. The lowest BCUT2D eigenvalue weighted by Gasteiger charge is -2.31. The van der Waals surface area contributed by atoms with E-state index in [9.17, 15) is 18.4 Å². The summed E-state index contributed by atoms with van der Waals surface area (Å²) in [7, 11) is 3.19. The van der Waals surface area contributed by atoms with Crippen LogP contribution in [0, 0.1) is 0 Å². The first kappa shape index (κ1) is 34.3. The lowest BCUT2D eigenvalue weighted by Crippen LogP contribution is -2.39. The zero-order valence-electron chi connectivity index (χ0n) is 27.1. The molecule has 10 nitrogen and oxygen atoms in total. The van der Waals surface area contributed by atoms with Crippen LogP contribution in [0.1, 0.15) is 35.5 Å². The minimum absolute atomic E-state index is 0.0450. The number of nitrogens with one attached hydrogen (secondary N) is 1. The van der Waals surface area contributed by atoms with E-state index in [-0.39, 0.29) is 24.2 Å². The first-order valence-corrected chi connectivity index (χ1v) is 16.2. The number of carbonyl (C=O) groups excluding carboxylic acids is 2. The van der Waals surface area contributed by atoms with Gasteiger partial charge in [0.25, 0.3) is 0 Å². The largest absolute Gasteiger partial charge is 0.505 e. The highest BCUT2D eigenvalue weighted by molar-refractivity contribution is 7.17. The maximum atomic E-state index is 14.8.